The maximum atomic E-state index is 13.5. The lowest BCUT2D eigenvalue weighted by Gasteiger charge is -2.48. The first-order valence-electron chi connectivity index (χ1n) is 13.1. The topological polar surface area (TPSA) is 46.5 Å². The summed E-state index contributed by atoms with van der Waals surface area (Å²) in [5.74, 6) is 0.0280. The number of benzene rings is 3. The van der Waals surface area contributed by atoms with Crippen molar-refractivity contribution in [3.05, 3.63) is 108 Å². The predicted molar refractivity (Wildman–Crippen MR) is 152 cm³/mol. The summed E-state index contributed by atoms with van der Waals surface area (Å²) in [7, 11) is -2.31. The van der Waals surface area contributed by atoms with Crippen LogP contribution in [-0.4, -0.2) is 31.4 Å². The number of hydrogen-bond donors (Lipinski definition) is 1. The summed E-state index contributed by atoms with van der Waals surface area (Å²) in [5.41, 5.74) is 2.58. The molecule has 4 heteroatoms. The summed E-state index contributed by atoms with van der Waals surface area (Å²) >= 11 is 0. The monoisotopic (exact) mass is 502 g/mol. The molecule has 1 N–H and O–H groups in total. The molecule has 0 radical (unpaired) electrons. The van der Waals surface area contributed by atoms with Gasteiger partial charge >= 0.3 is 0 Å². The van der Waals surface area contributed by atoms with Gasteiger partial charge in [0.05, 0.1) is 17.6 Å². The van der Waals surface area contributed by atoms with Crippen LogP contribution in [0.5, 0.6) is 0 Å². The highest BCUT2D eigenvalue weighted by atomic mass is 28.4. The van der Waals surface area contributed by atoms with Gasteiger partial charge in [-0.15, -0.1) is 0 Å². The Balaban J connectivity index is 2.33. The van der Waals surface area contributed by atoms with E-state index in [1.807, 2.05) is 25.1 Å². The first-order valence-corrected chi connectivity index (χ1v) is 16.0. The number of aliphatic hydroxyl groups is 1. The molecule has 3 rings (SSSR count). The number of ketones is 1. The van der Waals surface area contributed by atoms with Crippen LogP contribution in [0.15, 0.2) is 91.0 Å². The smallest absolute Gasteiger partial charge is 0.192 e. The molecule has 2 atom stereocenters. The van der Waals surface area contributed by atoms with E-state index in [-0.39, 0.29) is 23.7 Å². The van der Waals surface area contributed by atoms with E-state index < -0.39 is 25.9 Å². The Hall–Kier alpha value is -2.53. The second-order valence-corrected chi connectivity index (χ2v) is 16.0. The summed E-state index contributed by atoms with van der Waals surface area (Å²) in [4.78, 5) is 13.5. The molecule has 0 saturated heterocycles. The van der Waals surface area contributed by atoms with E-state index in [0.29, 0.717) is 6.42 Å². The van der Waals surface area contributed by atoms with Crippen molar-refractivity contribution in [1.82, 2.24) is 0 Å². The lowest BCUT2D eigenvalue weighted by molar-refractivity contribution is -0.123. The summed E-state index contributed by atoms with van der Waals surface area (Å²) in [6.07, 6.45) is -0.154. The van der Waals surface area contributed by atoms with Crippen molar-refractivity contribution in [2.24, 2.45) is 0 Å². The first kappa shape index (κ1) is 28.0. The van der Waals surface area contributed by atoms with Gasteiger partial charge in [-0.05, 0) is 41.2 Å². The second-order valence-electron chi connectivity index (χ2n) is 11.3. The quantitative estimate of drug-likeness (QED) is 0.218. The van der Waals surface area contributed by atoms with E-state index in [1.54, 1.807) is 0 Å². The molecular weight excluding hydrogens is 460 g/mol. The molecule has 3 aromatic carbocycles. The Kier molecular flexibility index (Phi) is 9.10. The molecule has 0 bridgehead atoms. The Labute approximate surface area is 218 Å². The largest absolute Gasteiger partial charge is 0.412 e. The fraction of sp³-hybridized carbons (Fsp3) is 0.406. The highest BCUT2D eigenvalue weighted by molar-refractivity contribution is 6.74. The van der Waals surface area contributed by atoms with E-state index >= 15 is 0 Å². The van der Waals surface area contributed by atoms with Crippen LogP contribution in [0.3, 0.4) is 0 Å². The van der Waals surface area contributed by atoms with Gasteiger partial charge in [-0.2, -0.15) is 0 Å². The number of carbonyl (C=O) groups is 1. The van der Waals surface area contributed by atoms with Gasteiger partial charge in [0.25, 0.3) is 0 Å². The number of Topliss-reactive ketones (excluding diaryl/α,β-unsaturated/α-hetero) is 1. The van der Waals surface area contributed by atoms with Crippen molar-refractivity contribution in [1.29, 1.82) is 0 Å². The summed E-state index contributed by atoms with van der Waals surface area (Å²) in [6, 6.07) is 31.3. The van der Waals surface area contributed by atoms with Crippen LogP contribution >= 0.6 is 0 Å². The third-order valence-electron chi connectivity index (χ3n) is 7.76. The highest BCUT2D eigenvalue weighted by Gasteiger charge is 2.49. The molecule has 0 aliphatic heterocycles. The molecule has 0 aliphatic rings. The van der Waals surface area contributed by atoms with E-state index in [9.17, 15) is 9.90 Å². The molecule has 3 aromatic rings. The molecule has 0 spiro atoms. The molecule has 0 amide bonds. The predicted octanol–water partition coefficient (Wildman–Crippen LogP) is 7.53. The average molecular weight is 503 g/mol. The van der Waals surface area contributed by atoms with Crippen LogP contribution in [0.4, 0.5) is 0 Å². The van der Waals surface area contributed by atoms with Gasteiger partial charge in [0.15, 0.2) is 8.32 Å². The van der Waals surface area contributed by atoms with Gasteiger partial charge in [0, 0.05) is 12.8 Å². The maximum absolute atomic E-state index is 13.5. The van der Waals surface area contributed by atoms with Crippen LogP contribution in [0, 0.1) is 0 Å². The minimum atomic E-state index is -2.31. The average Bonchev–Trinajstić information content (AvgIpc) is 2.85. The van der Waals surface area contributed by atoms with Crippen molar-refractivity contribution in [2.45, 2.75) is 82.7 Å². The van der Waals surface area contributed by atoms with Crippen LogP contribution in [0.25, 0.3) is 0 Å². The van der Waals surface area contributed by atoms with E-state index in [4.69, 9.17) is 4.43 Å². The van der Waals surface area contributed by atoms with Crippen molar-refractivity contribution < 1.29 is 14.3 Å². The van der Waals surface area contributed by atoms with E-state index in [0.717, 1.165) is 16.7 Å². The van der Waals surface area contributed by atoms with Crippen LogP contribution in [0.2, 0.25) is 18.1 Å². The molecule has 192 valence electrons. The maximum Gasteiger partial charge on any atom is 0.192 e. The van der Waals surface area contributed by atoms with Crippen molar-refractivity contribution in [2.75, 3.05) is 0 Å². The number of hydrogen-bond acceptors (Lipinski definition) is 3. The standard InChI is InChI=1S/C32H42O3Si/c1-7-28(33)23-29(34)24-30(35-36(5,6)31(2,3)4)32(25-17-11-8-12-18-25,26-19-13-9-14-20-26)27-21-15-10-16-22-27/h8-22,28,30,33H,7,23-24H2,1-6H3/t28-,30-/m0/s1. The number of carbonyl (C=O) groups excluding carboxylic acids is 1. The Morgan fingerprint density at radius 3 is 1.50 bits per heavy atom. The summed E-state index contributed by atoms with van der Waals surface area (Å²) < 4.78 is 7.25. The van der Waals surface area contributed by atoms with E-state index in [1.165, 1.54) is 0 Å². The lowest BCUT2D eigenvalue weighted by Crippen LogP contribution is -2.53. The highest BCUT2D eigenvalue weighted by Crippen LogP contribution is 2.48. The summed E-state index contributed by atoms with van der Waals surface area (Å²) in [5, 5.41) is 10.3. The van der Waals surface area contributed by atoms with Crippen LogP contribution in [-0.2, 0) is 14.6 Å². The Morgan fingerprint density at radius 1 is 0.778 bits per heavy atom. The SMILES string of the molecule is CC[C@H](O)CC(=O)C[C@H](O[Si](C)(C)C(C)(C)C)C(c1ccccc1)(c1ccccc1)c1ccccc1. The van der Waals surface area contributed by atoms with Gasteiger partial charge in [-0.25, -0.2) is 0 Å². The van der Waals surface area contributed by atoms with Gasteiger partial charge in [-0.1, -0.05) is 119 Å². The third kappa shape index (κ3) is 6.05. The fourth-order valence-electron chi connectivity index (χ4n) is 4.67. The molecule has 0 aromatic heterocycles. The molecule has 0 fully saturated rings. The molecule has 3 nitrogen and oxygen atoms in total. The third-order valence-corrected chi connectivity index (χ3v) is 12.2. The normalized spacial score (nSPS) is 14.3. The Bertz CT molecular complexity index is 992. The zero-order valence-corrected chi connectivity index (χ0v) is 23.7. The van der Waals surface area contributed by atoms with Gasteiger partial charge in [0.1, 0.15) is 5.78 Å². The lowest BCUT2D eigenvalue weighted by atomic mass is 9.64. The van der Waals surface area contributed by atoms with Crippen molar-refractivity contribution >= 4 is 14.1 Å². The van der Waals surface area contributed by atoms with Crippen LogP contribution in [0.1, 0.15) is 63.6 Å². The van der Waals surface area contributed by atoms with Crippen molar-refractivity contribution in [3.8, 4) is 0 Å². The molecule has 0 heterocycles. The van der Waals surface area contributed by atoms with Crippen LogP contribution < -0.4 is 0 Å². The zero-order chi connectivity index (χ0) is 26.4. The molecule has 0 aliphatic carbocycles. The molecule has 0 saturated carbocycles. The molecular formula is C32H42O3Si. The molecule has 0 unspecified atom stereocenters. The fourth-order valence-corrected chi connectivity index (χ4v) is 6.00. The zero-order valence-electron chi connectivity index (χ0n) is 22.7. The Morgan fingerprint density at radius 2 is 1.17 bits per heavy atom. The minimum Gasteiger partial charge on any atom is -0.412 e. The van der Waals surface area contributed by atoms with Gasteiger partial charge < -0.3 is 9.53 Å². The van der Waals surface area contributed by atoms with Crippen molar-refractivity contribution in [3.63, 3.8) is 0 Å². The van der Waals surface area contributed by atoms with Gasteiger partial charge in [-0.3, -0.25) is 4.79 Å². The first-order chi connectivity index (χ1) is 17.0. The number of rotatable bonds is 11. The number of aliphatic hydroxyl groups excluding tert-OH is 1. The summed E-state index contributed by atoms with van der Waals surface area (Å²) in [6.45, 7) is 13.1. The van der Waals surface area contributed by atoms with Gasteiger partial charge in [0.2, 0.25) is 0 Å². The van der Waals surface area contributed by atoms with E-state index in [2.05, 4.69) is 107 Å². The minimum absolute atomic E-state index is 0.0280. The molecule has 36 heavy (non-hydrogen) atoms. The second kappa shape index (κ2) is 11.7.